The van der Waals surface area contributed by atoms with Crippen molar-refractivity contribution in [3.63, 3.8) is 0 Å². The van der Waals surface area contributed by atoms with Gasteiger partial charge < -0.3 is 14.6 Å². The molecule has 0 bridgehead atoms. The van der Waals surface area contributed by atoms with Crippen LogP contribution in [0.25, 0.3) is 10.9 Å². The van der Waals surface area contributed by atoms with Crippen molar-refractivity contribution in [3.05, 3.63) is 59.8 Å². The van der Waals surface area contributed by atoms with Gasteiger partial charge in [0.15, 0.2) is 5.78 Å². The molecule has 168 valence electrons. The number of nitrogens with zero attached hydrogens (tertiary/aromatic N) is 1. The number of benzene rings is 2. The van der Waals surface area contributed by atoms with Crippen LogP contribution in [-0.2, 0) is 16.4 Å². The van der Waals surface area contributed by atoms with Gasteiger partial charge in [0.25, 0.3) is 0 Å². The molecule has 1 aromatic heterocycles. The number of hydrogen-bond acceptors (Lipinski definition) is 5. The van der Waals surface area contributed by atoms with Crippen molar-refractivity contribution in [1.29, 1.82) is 0 Å². The fourth-order valence-electron chi connectivity index (χ4n) is 4.78. The van der Waals surface area contributed by atoms with E-state index in [1.165, 1.54) is 10.9 Å². The highest BCUT2D eigenvalue weighted by atomic mass is 32.2. The molecule has 7 nitrogen and oxygen atoms in total. The maximum Gasteiger partial charge on any atom is 0.229 e. The van der Waals surface area contributed by atoms with Crippen LogP contribution >= 0.6 is 0 Å². The van der Waals surface area contributed by atoms with Crippen LogP contribution in [0, 0.1) is 0 Å². The van der Waals surface area contributed by atoms with Gasteiger partial charge in [-0.15, -0.1) is 0 Å². The summed E-state index contributed by atoms with van der Waals surface area (Å²) >= 11 is 0. The van der Waals surface area contributed by atoms with Crippen molar-refractivity contribution in [3.8, 4) is 5.75 Å². The van der Waals surface area contributed by atoms with E-state index in [1.54, 1.807) is 18.2 Å². The standard InChI is InChI=1S/C24H27N3O4S/c1-32(29,30)26-19-3-5-23-20(15-19)22(28)16-24(31-23)8-12-27(13-9-24)11-7-17-2-4-21-18(14-17)6-10-25-21/h2-6,10,14-15,25-26H,7-9,11-13,16H2,1H3. The van der Waals surface area contributed by atoms with E-state index in [1.807, 2.05) is 6.20 Å². The van der Waals surface area contributed by atoms with Crippen molar-refractivity contribution in [2.75, 3.05) is 30.6 Å². The number of aromatic nitrogens is 1. The zero-order chi connectivity index (χ0) is 22.3. The van der Waals surface area contributed by atoms with Gasteiger partial charge in [0.2, 0.25) is 10.0 Å². The minimum atomic E-state index is -3.40. The van der Waals surface area contributed by atoms with Gasteiger partial charge in [-0.1, -0.05) is 6.07 Å². The van der Waals surface area contributed by atoms with E-state index >= 15 is 0 Å². The molecule has 2 N–H and O–H groups in total. The number of aromatic amines is 1. The Balaban J connectivity index is 1.21. The molecular formula is C24H27N3O4S. The first-order valence-corrected chi connectivity index (χ1v) is 12.8. The van der Waals surface area contributed by atoms with Crippen molar-refractivity contribution in [2.45, 2.75) is 31.3 Å². The van der Waals surface area contributed by atoms with Crippen molar-refractivity contribution in [1.82, 2.24) is 9.88 Å². The lowest BCUT2D eigenvalue weighted by Crippen LogP contribution is -2.51. The minimum absolute atomic E-state index is 0.0108. The highest BCUT2D eigenvalue weighted by Gasteiger charge is 2.42. The van der Waals surface area contributed by atoms with Gasteiger partial charge in [-0.3, -0.25) is 9.52 Å². The summed E-state index contributed by atoms with van der Waals surface area (Å²) < 4.78 is 31.7. The lowest BCUT2D eigenvalue weighted by atomic mass is 9.82. The quantitative estimate of drug-likeness (QED) is 0.616. The van der Waals surface area contributed by atoms with E-state index in [0.29, 0.717) is 23.4 Å². The number of sulfonamides is 1. The SMILES string of the molecule is CS(=O)(=O)Nc1ccc2c(c1)C(=O)CC1(CCN(CCc3ccc4[nH]ccc4c3)CC1)O2. The molecule has 0 radical (unpaired) electrons. The third kappa shape index (κ3) is 4.38. The van der Waals surface area contributed by atoms with Gasteiger partial charge >= 0.3 is 0 Å². The Bertz CT molecular complexity index is 1270. The number of nitrogens with one attached hydrogen (secondary N) is 2. The average Bonchev–Trinajstić information content (AvgIpc) is 3.21. The smallest absolute Gasteiger partial charge is 0.229 e. The van der Waals surface area contributed by atoms with E-state index in [2.05, 4.69) is 38.9 Å². The summed E-state index contributed by atoms with van der Waals surface area (Å²) in [5.41, 5.74) is 2.86. The predicted molar refractivity (Wildman–Crippen MR) is 125 cm³/mol. The lowest BCUT2D eigenvalue weighted by Gasteiger charge is -2.44. The maximum absolute atomic E-state index is 12.9. The number of ether oxygens (including phenoxy) is 1. The molecule has 0 unspecified atom stereocenters. The maximum atomic E-state index is 12.9. The van der Waals surface area contributed by atoms with Gasteiger partial charge in [0, 0.05) is 49.9 Å². The second-order valence-electron chi connectivity index (χ2n) is 8.96. The van der Waals surface area contributed by atoms with E-state index in [4.69, 9.17) is 4.74 Å². The van der Waals surface area contributed by atoms with Crippen LogP contribution in [0.2, 0.25) is 0 Å². The number of likely N-dealkylation sites (tertiary alicyclic amines) is 1. The van der Waals surface area contributed by atoms with Gasteiger partial charge in [0.1, 0.15) is 11.4 Å². The third-order valence-electron chi connectivity index (χ3n) is 6.49. The third-order valence-corrected chi connectivity index (χ3v) is 7.10. The molecule has 1 spiro atoms. The van der Waals surface area contributed by atoms with Gasteiger partial charge in [-0.25, -0.2) is 8.42 Å². The molecule has 3 aromatic rings. The van der Waals surface area contributed by atoms with E-state index in [-0.39, 0.29) is 5.78 Å². The van der Waals surface area contributed by atoms with Crippen LogP contribution in [0.3, 0.4) is 0 Å². The minimum Gasteiger partial charge on any atom is -0.486 e. The molecule has 0 atom stereocenters. The molecule has 1 fully saturated rings. The lowest BCUT2D eigenvalue weighted by molar-refractivity contribution is -0.00864. The molecule has 2 aliphatic rings. The number of rotatable bonds is 5. The van der Waals surface area contributed by atoms with Crippen LogP contribution in [0.5, 0.6) is 5.75 Å². The zero-order valence-corrected chi connectivity index (χ0v) is 18.9. The number of ketones is 1. The largest absolute Gasteiger partial charge is 0.486 e. The molecule has 1 saturated heterocycles. The molecule has 3 heterocycles. The van der Waals surface area contributed by atoms with Crippen LogP contribution in [0.1, 0.15) is 35.2 Å². The Kier molecular flexibility index (Phi) is 5.22. The van der Waals surface area contributed by atoms with Gasteiger partial charge in [0.05, 0.1) is 18.2 Å². The Labute approximate surface area is 187 Å². The van der Waals surface area contributed by atoms with Crippen molar-refractivity contribution in [2.24, 2.45) is 0 Å². The van der Waals surface area contributed by atoms with E-state index in [0.717, 1.165) is 50.7 Å². The summed E-state index contributed by atoms with van der Waals surface area (Å²) in [6, 6.07) is 13.6. The fourth-order valence-corrected chi connectivity index (χ4v) is 5.34. The number of hydrogen-bond donors (Lipinski definition) is 2. The predicted octanol–water partition coefficient (Wildman–Crippen LogP) is 3.58. The molecule has 8 heteroatoms. The second-order valence-corrected chi connectivity index (χ2v) is 10.7. The fraction of sp³-hybridized carbons (Fsp3) is 0.375. The van der Waals surface area contributed by atoms with Gasteiger partial charge in [-0.05, 0) is 53.8 Å². The molecule has 32 heavy (non-hydrogen) atoms. The number of H-pyrrole nitrogens is 1. The van der Waals surface area contributed by atoms with E-state index in [9.17, 15) is 13.2 Å². The number of piperidine rings is 1. The Morgan fingerprint density at radius 2 is 1.94 bits per heavy atom. The second kappa shape index (κ2) is 7.94. The molecule has 2 aromatic carbocycles. The molecule has 2 aliphatic heterocycles. The number of carbonyl (C=O) groups is 1. The summed E-state index contributed by atoms with van der Waals surface area (Å²) in [6.07, 6.45) is 5.99. The molecular weight excluding hydrogens is 426 g/mol. The molecule has 0 aliphatic carbocycles. The first-order valence-electron chi connectivity index (χ1n) is 10.9. The molecule has 0 amide bonds. The van der Waals surface area contributed by atoms with Crippen LogP contribution < -0.4 is 9.46 Å². The zero-order valence-electron chi connectivity index (χ0n) is 18.1. The normalized spacial score (nSPS) is 18.5. The van der Waals surface area contributed by atoms with Crippen molar-refractivity contribution >= 4 is 32.4 Å². The summed E-state index contributed by atoms with van der Waals surface area (Å²) in [7, 11) is -3.40. The molecule has 5 rings (SSSR count). The topological polar surface area (TPSA) is 91.5 Å². The highest BCUT2D eigenvalue weighted by Crippen LogP contribution is 2.40. The monoisotopic (exact) mass is 453 g/mol. The van der Waals surface area contributed by atoms with Crippen LogP contribution in [0.4, 0.5) is 5.69 Å². The van der Waals surface area contributed by atoms with Crippen LogP contribution in [-0.4, -0.2) is 55.6 Å². The summed E-state index contributed by atoms with van der Waals surface area (Å²) in [5, 5.41) is 1.24. The van der Waals surface area contributed by atoms with Gasteiger partial charge in [-0.2, -0.15) is 0 Å². The Morgan fingerprint density at radius 3 is 2.72 bits per heavy atom. The number of anilines is 1. The Morgan fingerprint density at radius 1 is 1.12 bits per heavy atom. The van der Waals surface area contributed by atoms with E-state index < -0.39 is 15.6 Å². The number of carbonyl (C=O) groups excluding carboxylic acids is 1. The first-order chi connectivity index (χ1) is 15.3. The average molecular weight is 454 g/mol. The highest BCUT2D eigenvalue weighted by molar-refractivity contribution is 7.92. The summed E-state index contributed by atoms with van der Waals surface area (Å²) in [6.45, 7) is 2.77. The number of Topliss-reactive ketones (excluding diaryl/α,β-unsaturated/α-hetero) is 1. The molecule has 0 saturated carbocycles. The summed E-state index contributed by atoms with van der Waals surface area (Å²) in [4.78, 5) is 18.5. The Hall–Kier alpha value is -2.84. The van der Waals surface area contributed by atoms with Crippen molar-refractivity contribution < 1.29 is 17.9 Å². The number of fused-ring (bicyclic) bond motifs is 2. The first kappa shape index (κ1) is 21.0. The summed E-state index contributed by atoms with van der Waals surface area (Å²) in [5.74, 6) is 0.560. The van der Waals surface area contributed by atoms with Crippen LogP contribution in [0.15, 0.2) is 48.7 Å².